The Morgan fingerprint density at radius 2 is 1.72 bits per heavy atom. The fraction of sp³-hybridized carbons (Fsp3) is 0.167. The molecule has 0 spiro atoms. The Kier molecular flexibility index (Phi) is 4.72. The molecule has 0 aromatic heterocycles. The van der Waals surface area contributed by atoms with Crippen molar-refractivity contribution in [1.82, 2.24) is 0 Å². The molecule has 3 rings (SSSR count). The van der Waals surface area contributed by atoms with Crippen molar-refractivity contribution in [2.45, 2.75) is 6.42 Å². The SMILES string of the molecule is NC(=O)c1ccc(NC(=O)C2CC(=O)N(c3ccc(Cl)cc3)C2)cc1. The van der Waals surface area contributed by atoms with Gasteiger partial charge in [-0.1, -0.05) is 11.6 Å². The summed E-state index contributed by atoms with van der Waals surface area (Å²) >= 11 is 5.86. The first-order valence-electron chi connectivity index (χ1n) is 7.70. The smallest absolute Gasteiger partial charge is 0.248 e. The number of hydrogen-bond donors (Lipinski definition) is 2. The van der Waals surface area contributed by atoms with Gasteiger partial charge in [-0.2, -0.15) is 0 Å². The van der Waals surface area contributed by atoms with E-state index in [0.717, 1.165) is 5.69 Å². The Morgan fingerprint density at radius 1 is 1.08 bits per heavy atom. The van der Waals surface area contributed by atoms with Crippen LogP contribution in [0.1, 0.15) is 16.8 Å². The number of amides is 3. The summed E-state index contributed by atoms with van der Waals surface area (Å²) in [5.41, 5.74) is 6.81. The Hall–Kier alpha value is -2.86. The maximum absolute atomic E-state index is 12.4. The van der Waals surface area contributed by atoms with Crippen molar-refractivity contribution in [2.75, 3.05) is 16.8 Å². The molecular weight excluding hydrogens is 342 g/mol. The van der Waals surface area contributed by atoms with Gasteiger partial charge in [0, 0.05) is 34.9 Å². The van der Waals surface area contributed by atoms with Crippen LogP contribution in [0.4, 0.5) is 11.4 Å². The van der Waals surface area contributed by atoms with E-state index in [1.165, 1.54) is 12.1 Å². The van der Waals surface area contributed by atoms with Crippen molar-refractivity contribution in [3.05, 3.63) is 59.1 Å². The number of primary amides is 1. The van der Waals surface area contributed by atoms with Gasteiger partial charge in [0.15, 0.2) is 0 Å². The third-order valence-corrected chi connectivity index (χ3v) is 4.32. The molecule has 1 aliphatic heterocycles. The lowest BCUT2D eigenvalue weighted by atomic mass is 10.1. The number of rotatable bonds is 4. The molecule has 1 unspecified atom stereocenters. The van der Waals surface area contributed by atoms with Gasteiger partial charge in [0.2, 0.25) is 17.7 Å². The number of nitrogens with two attached hydrogens (primary N) is 1. The van der Waals surface area contributed by atoms with Gasteiger partial charge in [0.05, 0.1) is 5.92 Å². The number of anilines is 2. The second-order valence-electron chi connectivity index (χ2n) is 5.81. The third-order valence-electron chi connectivity index (χ3n) is 4.07. The molecule has 1 fully saturated rings. The van der Waals surface area contributed by atoms with E-state index < -0.39 is 11.8 Å². The van der Waals surface area contributed by atoms with Crippen LogP contribution >= 0.6 is 11.6 Å². The van der Waals surface area contributed by atoms with E-state index in [9.17, 15) is 14.4 Å². The summed E-state index contributed by atoms with van der Waals surface area (Å²) in [6, 6.07) is 13.2. The van der Waals surface area contributed by atoms with E-state index in [1.54, 1.807) is 41.3 Å². The maximum Gasteiger partial charge on any atom is 0.248 e. The number of halogens is 1. The maximum atomic E-state index is 12.4. The van der Waals surface area contributed by atoms with Crippen molar-refractivity contribution in [2.24, 2.45) is 11.7 Å². The number of carbonyl (C=O) groups excluding carboxylic acids is 3. The van der Waals surface area contributed by atoms with Crippen LogP contribution in [0.2, 0.25) is 5.02 Å². The second-order valence-corrected chi connectivity index (χ2v) is 6.25. The number of hydrogen-bond acceptors (Lipinski definition) is 3. The molecule has 6 nitrogen and oxygen atoms in total. The summed E-state index contributed by atoms with van der Waals surface area (Å²) in [4.78, 5) is 37.3. The topological polar surface area (TPSA) is 92.5 Å². The molecule has 3 amide bonds. The van der Waals surface area contributed by atoms with E-state index in [4.69, 9.17) is 17.3 Å². The molecule has 1 heterocycles. The van der Waals surface area contributed by atoms with Crippen molar-refractivity contribution >= 4 is 40.7 Å². The van der Waals surface area contributed by atoms with E-state index >= 15 is 0 Å². The zero-order valence-electron chi connectivity index (χ0n) is 13.2. The lowest BCUT2D eigenvalue weighted by Gasteiger charge is -2.16. The number of carbonyl (C=O) groups is 3. The highest BCUT2D eigenvalue weighted by Crippen LogP contribution is 2.27. The van der Waals surface area contributed by atoms with Crippen molar-refractivity contribution in [3.63, 3.8) is 0 Å². The summed E-state index contributed by atoms with van der Waals surface area (Å²) in [7, 11) is 0. The highest BCUT2D eigenvalue weighted by Gasteiger charge is 2.35. The van der Waals surface area contributed by atoms with Gasteiger partial charge in [-0.05, 0) is 48.5 Å². The monoisotopic (exact) mass is 357 g/mol. The van der Waals surface area contributed by atoms with Crippen LogP contribution in [0.3, 0.4) is 0 Å². The lowest BCUT2D eigenvalue weighted by molar-refractivity contribution is -0.122. The Morgan fingerprint density at radius 3 is 2.32 bits per heavy atom. The Bertz CT molecular complexity index is 818. The highest BCUT2D eigenvalue weighted by molar-refractivity contribution is 6.30. The zero-order valence-corrected chi connectivity index (χ0v) is 14.0. The summed E-state index contributed by atoms with van der Waals surface area (Å²) in [5, 5.41) is 3.35. The molecule has 0 bridgehead atoms. The molecule has 7 heteroatoms. The molecule has 1 aliphatic rings. The van der Waals surface area contributed by atoms with Gasteiger partial charge < -0.3 is 16.0 Å². The number of nitrogens with one attached hydrogen (secondary N) is 1. The minimum absolute atomic E-state index is 0.105. The van der Waals surface area contributed by atoms with Crippen LogP contribution in [-0.4, -0.2) is 24.3 Å². The van der Waals surface area contributed by atoms with Gasteiger partial charge in [-0.25, -0.2) is 0 Å². The van der Waals surface area contributed by atoms with Gasteiger partial charge in [0.1, 0.15) is 0 Å². The van der Waals surface area contributed by atoms with Crippen molar-refractivity contribution < 1.29 is 14.4 Å². The zero-order chi connectivity index (χ0) is 18.0. The minimum Gasteiger partial charge on any atom is -0.366 e. The first-order valence-corrected chi connectivity index (χ1v) is 8.08. The second kappa shape index (κ2) is 6.94. The Balaban J connectivity index is 1.66. The standard InChI is InChI=1S/C18H16ClN3O3/c19-13-3-7-15(8-4-13)22-10-12(9-16(22)23)18(25)21-14-5-1-11(2-6-14)17(20)24/h1-8,12H,9-10H2,(H2,20,24)(H,21,25). The molecule has 0 saturated carbocycles. The average molecular weight is 358 g/mol. The quantitative estimate of drug-likeness (QED) is 0.880. The molecule has 0 aliphatic carbocycles. The molecule has 2 aromatic carbocycles. The van der Waals surface area contributed by atoms with Crippen molar-refractivity contribution in [3.8, 4) is 0 Å². The highest BCUT2D eigenvalue weighted by atomic mass is 35.5. The molecule has 2 aromatic rings. The summed E-state index contributed by atoms with van der Waals surface area (Å²) in [6.45, 7) is 0.311. The molecule has 25 heavy (non-hydrogen) atoms. The van der Waals surface area contributed by atoms with Crippen LogP contribution in [0.25, 0.3) is 0 Å². The van der Waals surface area contributed by atoms with Gasteiger partial charge in [0.25, 0.3) is 0 Å². The lowest BCUT2D eigenvalue weighted by Crippen LogP contribution is -2.28. The van der Waals surface area contributed by atoms with Gasteiger partial charge in [-0.3, -0.25) is 14.4 Å². The van der Waals surface area contributed by atoms with Crippen LogP contribution < -0.4 is 16.0 Å². The molecule has 128 valence electrons. The molecule has 1 atom stereocenters. The Labute approximate surface area is 149 Å². The molecular formula is C18H16ClN3O3. The summed E-state index contributed by atoms with van der Waals surface area (Å²) in [5.74, 6) is -1.32. The van der Waals surface area contributed by atoms with Crippen LogP contribution in [0, 0.1) is 5.92 Å². The van der Waals surface area contributed by atoms with Crippen molar-refractivity contribution in [1.29, 1.82) is 0 Å². The average Bonchev–Trinajstić information content (AvgIpc) is 2.98. The number of benzene rings is 2. The van der Waals surface area contributed by atoms with Crippen LogP contribution in [-0.2, 0) is 9.59 Å². The van der Waals surface area contributed by atoms with Crippen LogP contribution in [0.5, 0.6) is 0 Å². The first kappa shape index (κ1) is 17.0. The minimum atomic E-state index is -0.530. The molecule has 1 saturated heterocycles. The fourth-order valence-corrected chi connectivity index (χ4v) is 2.84. The number of nitrogens with zero attached hydrogens (tertiary/aromatic N) is 1. The summed E-state index contributed by atoms with van der Waals surface area (Å²) < 4.78 is 0. The van der Waals surface area contributed by atoms with E-state index in [0.29, 0.717) is 22.8 Å². The van der Waals surface area contributed by atoms with E-state index in [1.807, 2.05) is 0 Å². The van der Waals surface area contributed by atoms with E-state index in [2.05, 4.69) is 5.32 Å². The fourth-order valence-electron chi connectivity index (χ4n) is 2.72. The van der Waals surface area contributed by atoms with Gasteiger partial charge in [-0.15, -0.1) is 0 Å². The van der Waals surface area contributed by atoms with Gasteiger partial charge >= 0.3 is 0 Å². The predicted octanol–water partition coefficient (Wildman–Crippen LogP) is 2.43. The molecule has 0 radical (unpaired) electrons. The third kappa shape index (κ3) is 3.80. The normalized spacial score (nSPS) is 16.8. The first-order chi connectivity index (χ1) is 11.9. The predicted molar refractivity (Wildman–Crippen MR) is 95.5 cm³/mol. The summed E-state index contributed by atoms with van der Waals surface area (Å²) in [6.07, 6.45) is 0.147. The van der Waals surface area contributed by atoms with Crippen LogP contribution in [0.15, 0.2) is 48.5 Å². The van der Waals surface area contributed by atoms with E-state index in [-0.39, 0.29) is 18.2 Å². The molecule has 3 N–H and O–H groups in total. The largest absolute Gasteiger partial charge is 0.366 e.